The van der Waals surface area contributed by atoms with Crippen molar-refractivity contribution in [1.82, 2.24) is 14.9 Å². The average Bonchev–Trinajstić information content (AvgIpc) is 3.29. The van der Waals surface area contributed by atoms with E-state index in [2.05, 4.69) is 9.97 Å². The quantitative estimate of drug-likeness (QED) is 0.872. The maximum atomic E-state index is 13.3. The first-order valence-electron chi connectivity index (χ1n) is 6.66. The van der Waals surface area contributed by atoms with Crippen LogP contribution in [0.1, 0.15) is 28.9 Å². The maximum absolute atomic E-state index is 13.3. The molecule has 0 spiro atoms. The zero-order valence-electron chi connectivity index (χ0n) is 11.2. The van der Waals surface area contributed by atoms with Crippen molar-refractivity contribution in [2.75, 3.05) is 0 Å². The number of nitrogens with zero attached hydrogens (tertiary/aromatic N) is 3. The Hall–Kier alpha value is -2.01. The van der Waals surface area contributed by atoms with Gasteiger partial charge in [0.2, 0.25) is 0 Å². The third-order valence-corrected chi connectivity index (χ3v) is 3.53. The van der Waals surface area contributed by atoms with Crippen LogP contribution in [0.15, 0.2) is 36.7 Å². The molecule has 0 saturated heterocycles. The van der Waals surface area contributed by atoms with Crippen LogP contribution in [-0.4, -0.2) is 26.8 Å². The molecule has 6 heteroatoms. The Morgan fingerprint density at radius 1 is 1.33 bits per heavy atom. The molecule has 4 nitrogen and oxygen atoms in total. The van der Waals surface area contributed by atoms with Gasteiger partial charge in [0.25, 0.3) is 5.91 Å². The fourth-order valence-corrected chi connectivity index (χ4v) is 2.25. The van der Waals surface area contributed by atoms with Crippen molar-refractivity contribution in [2.45, 2.75) is 25.4 Å². The monoisotopic (exact) mass is 305 g/mol. The Morgan fingerprint density at radius 3 is 2.76 bits per heavy atom. The van der Waals surface area contributed by atoms with Gasteiger partial charge in [-0.3, -0.25) is 4.79 Å². The highest BCUT2D eigenvalue weighted by atomic mass is 35.5. The number of hydrogen-bond acceptors (Lipinski definition) is 3. The highest BCUT2D eigenvalue weighted by Crippen LogP contribution is 2.29. The van der Waals surface area contributed by atoms with Crippen LogP contribution in [0, 0.1) is 5.82 Å². The van der Waals surface area contributed by atoms with E-state index < -0.39 is 0 Å². The first-order valence-corrected chi connectivity index (χ1v) is 7.04. The van der Waals surface area contributed by atoms with Crippen LogP contribution in [0.2, 0.25) is 5.15 Å². The summed E-state index contributed by atoms with van der Waals surface area (Å²) in [4.78, 5) is 22.1. The molecule has 21 heavy (non-hydrogen) atoms. The molecule has 1 aromatic carbocycles. The zero-order chi connectivity index (χ0) is 14.8. The van der Waals surface area contributed by atoms with Crippen LogP contribution in [0.3, 0.4) is 0 Å². The molecule has 0 bridgehead atoms. The lowest BCUT2D eigenvalue weighted by atomic mass is 10.2. The summed E-state index contributed by atoms with van der Waals surface area (Å²) in [7, 11) is 0. The number of hydrogen-bond donors (Lipinski definition) is 0. The summed E-state index contributed by atoms with van der Waals surface area (Å²) in [6.45, 7) is 0.367. The van der Waals surface area contributed by atoms with Crippen LogP contribution in [0.25, 0.3) is 0 Å². The Labute approximate surface area is 126 Å². The third-order valence-electron chi connectivity index (χ3n) is 3.33. The van der Waals surface area contributed by atoms with E-state index in [0.29, 0.717) is 6.54 Å². The van der Waals surface area contributed by atoms with Gasteiger partial charge in [-0.05, 0) is 30.5 Å². The fourth-order valence-electron chi connectivity index (χ4n) is 2.15. The molecule has 0 radical (unpaired) electrons. The first-order chi connectivity index (χ1) is 10.1. The summed E-state index contributed by atoms with van der Waals surface area (Å²) in [6.07, 6.45) is 4.64. The van der Waals surface area contributed by atoms with Gasteiger partial charge in [0, 0.05) is 12.6 Å². The minimum atomic E-state index is -0.304. The van der Waals surface area contributed by atoms with Crippen molar-refractivity contribution in [3.63, 3.8) is 0 Å². The Kier molecular flexibility index (Phi) is 3.84. The van der Waals surface area contributed by atoms with Crippen LogP contribution < -0.4 is 0 Å². The molecule has 1 saturated carbocycles. The Morgan fingerprint density at radius 2 is 2.14 bits per heavy atom. The fraction of sp³-hybridized carbons (Fsp3) is 0.267. The second-order valence-corrected chi connectivity index (χ2v) is 5.41. The normalized spacial score (nSPS) is 14.0. The van der Waals surface area contributed by atoms with Crippen molar-refractivity contribution in [3.8, 4) is 0 Å². The lowest BCUT2D eigenvalue weighted by Gasteiger charge is -2.22. The summed E-state index contributed by atoms with van der Waals surface area (Å²) in [5.41, 5.74) is 1.01. The second-order valence-electron chi connectivity index (χ2n) is 5.02. The molecule has 1 aliphatic rings. The smallest absolute Gasteiger partial charge is 0.274 e. The topological polar surface area (TPSA) is 46.1 Å². The number of amides is 1. The van der Waals surface area contributed by atoms with Crippen molar-refractivity contribution in [1.29, 1.82) is 0 Å². The van der Waals surface area contributed by atoms with Gasteiger partial charge in [0.1, 0.15) is 16.7 Å². The van der Waals surface area contributed by atoms with Crippen molar-refractivity contribution >= 4 is 17.5 Å². The van der Waals surface area contributed by atoms with E-state index in [1.54, 1.807) is 17.0 Å². The van der Waals surface area contributed by atoms with Crippen LogP contribution >= 0.6 is 11.6 Å². The molecule has 108 valence electrons. The largest absolute Gasteiger partial charge is 0.330 e. The predicted molar refractivity (Wildman–Crippen MR) is 76.3 cm³/mol. The molecule has 1 aliphatic carbocycles. The summed E-state index contributed by atoms with van der Waals surface area (Å²) in [6, 6.07) is 6.47. The number of carbonyl (C=O) groups excluding carboxylic acids is 1. The van der Waals surface area contributed by atoms with Gasteiger partial charge in [-0.25, -0.2) is 14.4 Å². The SMILES string of the molecule is O=C(c1cnc(Cl)cn1)N(Cc1cccc(F)c1)C1CC1. The van der Waals surface area contributed by atoms with Gasteiger partial charge >= 0.3 is 0 Å². The standard InChI is InChI=1S/C15H13ClFN3O/c16-14-8-18-13(7-19-14)15(21)20(12-4-5-12)9-10-2-1-3-11(17)6-10/h1-3,6-8,12H,4-5,9H2. The van der Waals surface area contributed by atoms with E-state index in [1.807, 2.05) is 0 Å². The highest BCUT2D eigenvalue weighted by molar-refractivity contribution is 6.29. The molecule has 2 aromatic rings. The maximum Gasteiger partial charge on any atom is 0.274 e. The van der Waals surface area contributed by atoms with E-state index in [4.69, 9.17) is 11.6 Å². The van der Waals surface area contributed by atoms with Crippen molar-refractivity contribution < 1.29 is 9.18 Å². The summed E-state index contributed by atoms with van der Waals surface area (Å²) in [5.74, 6) is -0.507. The van der Waals surface area contributed by atoms with Crippen LogP contribution in [0.4, 0.5) is 4.39 Å². The van der Waals surface area contributed by atoms with E-state index in [1.165, 1.54) is 24.5 Å². The summed E-state index contributed by atoms with van der Waals surface area (Å²) in [5, 5.41) is 0.245. The number of carbonyl (C=O) groups is 1. The molecule has 1 fully saturated rings. The zero-order valence-corrected chi connectivity index (χ0v) is 11.9. The Balaban J connectivity index is 1.81. The van der Waals surface area contributed by atoms with Crippen molar-refractivity contribution in [2.24, 2.45) is 0 Å². The minimum Gasteiger partial charge on any atom is -0.330 e. The average molecular weight is 306 g/mol. The predicted octanol–water partition coefficient (Wildman–Crippen LogP) is 3.07. The summed E-state index contributed by atoms with van der Waals surface area (Å²) >= 11 is 5.68. The molecule has 0 atom stereocenters. The number of benzene rings is 1. The molecule has 0 aliphatic heterocycles. The van der Waals surface area contributed by atoms with Gasteiger partial charge in [-0.2, -0.15) is 0 Å². The molecule has 0 N–H and O–H groups in total. The molecular formula is C15H13ClFN3O. The van der Waals surface area contributed by atoms with E-state index in [-0.39, 0.29) is 28.6 Å². The van der Waals surface area contributed by atoms with Crippen molar-refractivity contribution in [3.05, 3.63) is 58.9 Å². The van der Waals surface area contributed by atoms with Gasteiger partial charge in [-0.15, -0.1) is 0 Å². The second kappa shape index (κ2) is 5.77. The van der Waals surface area contributed by atoms with Crippen LogP contribution in [-0.2, 0) is 6.54 Å². The van der Waals surface area contributed by atoms with E-state index in [0.717, 1.165) is 18.4 Å². The Bertz CT molecular complexity index is 658. The lowest BCUT2D eigenvalue weighted by molar-refractivity contribution is 0.0723. The first kappa shape index (κ1) is 13.9. The number of aromatic nitrogens is 2. The number of halogens is 2. The van der Waals surface area contributed by atoms with Gasteiger partial charge in [0.05, 0.1) is 12.4 Å². The van der Waals surface area contributed by atoms with Gasteiger partial charge in [-0.1, -0.05) is 23.7 Å². The number of rotatable bonds is 4. The molecule has 1 heterocycles. The molecular weight excluding hydrogens is 293 g/mol. The van der Waals surface area contributed by atoms with Gasteiger partial charge < -0.3 is 4.90 Å². The molecule has 1 aromatic heterocycles. The van der Waals surface area contributed by atoms with E-state index in [9.17, 15) is 9.18 Å². The van der Waals surface area contributed by atoms with Gasteiger partial charge in [0.15, 0.2) is 0 Å². The molecule has 1 amide bonds. The highest BCUT2D eigenvalue weighted by Gasteiger charge is 2.33. The minimum absolute atomic E-state index is 0.193. The molecule has 3 rings (SSSR count). The summed E-state index contributed by atoms with van der Waals surface area (Å²) < 4.78 is 13.3. The third kappa shape index (κ3) is 3.36. The van der Waals surface area contributed by atoms with Crippen LogP contribution in [0.5, 0.6) is 0 Å². The lowest BCUT2D eigenvalue weighted by Crippen LogP contribution is -2.33. The molecule has 0 unspecified atom stereocenters. The van der Waals surface area contributed by atoms with E-state index >= 15 is 0 Å².